The molecule has 0 atom stereocenters. The molecule has 2 aromatic heterocycles. The lowest BCUT2D eigenvalue weighted by Crippen LogP contribution is -2.42. The molecule has 0 radical (unpaired) electrons. The fourth-order valence-corrected chi connectivity index (χ4v) is 3.21. The van der Waals surface area contributed by atoms with Gasteiger partial charge in [0.2, 0.25) is 5.91 Å². The summed E-state index contributed by atoms with van der Waals surface area (Å²) in [6.07, 6.45) is 0. The predicted molar refractivity (Wildman–Crippen MR) is 112 cm³/mol. The van der Waals surface area contributed by atoms with Gasteiger partial charge in [0.25, 0.3) is 5.56 Å². The second-order valence-corrected chi connectivity index (χ2v) is 7.05. The molecule has 2 heterocycles. The van der Waals surface area contributed by atoms with Gasteiger partial charge in [-0.3, -0.25) is 18.7 Å². The summed E-state index contributed by atoms with van der Waals surface area (Å²) in [5, 5.41) is 2.11. The Labute approximate surface area is 180 Å². The number of carbonyl (C=O) groups excluding carboxylic acids is 2. The van der Waals surface area contributed by atoms with Crippen LogP contribution in [0.1, 0.15) is 23.0 Å². The molecule has 0 unspecified atom stereocenters. The molecule has 0 aliphatic heterocycles. The Bertz CT molecular complexity index is 1330. The Hall–Kier alpha value is -3.53. The smallest absolute Gasteiger partial charge is 0.339 e. The largest absolute Gasteiger partial charge is 0.462 e. The monoisotopic (exact) mass is 448 g/mol. The lowest BCUT2D eigenvalue weighted by molar-refractivity contribution is -0.116. The summed E-state index contributed by atoms with van der Waals surface area (Å²) < 4.78 is 20.1. The van der Waals surface area contributed by atoms with Gasteiger partial charge in [-0.25, -0.2) is 19.0 Å². The number of aromatic nitrogens is 3. The average Bonchev–Trinajstić information content (AvgIpc) is 2.71. The molecule has 9 nitrogen and oxygen atoms in total. The van der Waals surface area contributed by atoms with Crippen LogP contribution in [0.15, 0.2) is 33.9 Å². The van der Waals surface area contributed by atoms with Crippen molar-refractivity contribution in [3.8, 4) is 0 Å². The Morgan fingerprint density at radius 3 is 2.61 bits per heavy atom. The number of anilines is 1. The minimum absolute atomic E-state index is 0.0000256. The number of hydrogen-bond acceptors (Lipinski definition) is 6. The van der Waals surface area contributed by atoms with Crippen LogP contribution in [-0.4, -0.2) is 32.6 Å². The fraction of sp³-hybridized carbons (Fsp3) is 0.250. The molecule has 11 heteroatoms. The molecule has 162 valence electrons. The fourth-order valence-electron chi connectivity index (χ4n) is 3.03. The number of fused-ring (bicyclic) bond motifs is 1. The number of esters is 1. The van der Waals surface area contributed by atoms with E-state index in [0.717, 1.165) is 10.6 Å². The zero-order valence-corrected chi connectivity index (χ0v) is 17.6. The van der Waals surface area contributed by atoms with Crippen molar-refractivity contribution < 1.29 is 18.7 Å². The van der Waals surface area contributed by atoms with Crippen LogP contribution in [-0.2, 0) is 23.1 Å². The molecule has 3 aromatic rings. The standard InChI is InChI=1S/C20H18ClFN4O5/c1-4-31-19(29)12-7-10(2)23-17-16(12)18(28)26(20(30)25(17)3)9-15(27)24-11-5-6-14(22)13(21)8-11/h5-8H,4,9H2,1-3H3,(H,24,27). The van der Waals surface area contributed by atoms with E-state index in [1.54, 1.807) is 13.8 Å². The van der Waals surface area contributed by atoms with Crippen LogP contribution >= 0.6 is 11.6 Å². The van der Waals surface area contributed by atoms with E-state index >= 15 is 0 Å². The first-order chi connectivity index (χ1) is 14.6. The van der Waals surface area contributed by atoms with Crippen molar-refractivity contribution in [3.63, 3.8) is 0 Å². The van der Waals surface area contributed by atoms with Crippen LogP contribution in [0, 0.1) is 12.7 Å². The number of amides is 1. The van der Waals surface area contributed by atoms with E-state index in [0.29, 0.717) is 10.3 Å². The Kier molecular flexibility index (Phi) is 6.21. The lowest BCUT2D eigenvalue weighted by Gasteiger charge is -2.13. The van der Waals surface area contributed by atoms with Gasteiger partial charge in [0.15, 0.2) is 0 Å². The third-order valence-electron chi connectivity index (χ3n) is 4.42. The number of carbonyl (C=O) groups is 2. The van der Waals surface area contributed by atoms with E-state index in [-0.39, 0.29) is 33.9 Å². The molecule has 1 N–H and O–H groups in total. The zero-order valence-electron chi connectivity index (χ0n) is 16.9. The highest BCUT2D eigenvalue weighted by Crippen LogP contribution is 2.19. The Morgan fingerprint density at radius 2 is 1.97 bits per heavy atom. The molecule has 0 spiro atoms. The van der Waals surface area contributed by atoms with Crippen LogP contribution in [0.25, 0.3) is 11.0 Å². The van der Waals surface area contributed by atoms with Crippen LogP contribution < -0.4 is 16.6 Å². The normalized spacial score (nSPS) is 10.9. The third kappa shape index (κ3) is 4.33. The number of hydrogen-bond donors (Lipinski definition) is 1. The summed E-state index contributed by atoms with van der Waals surface area (Å²) in [6.45, 7) is 2.67. The van der Waals surface area contributed by atoms with Gasteiger partial charge in [-0.05, 0) is 38.1 Å². The first-order valence-electron chi connectivity index (χ1n) is 9.17. The Balaban J connectivity index is 2.09. The minimum Gasteiger partial charge on any atom is -0.462 e. The summed E-state index contributed by atoms with van der Waals surface area (Å²) in [6, 6.07) is 4.93. The van der Waals surface area contributed by atoms with E-state index in [1.165, 1.54) is 25.2 Å². The molecule has 3 rings (SSSR count). The topological polar surface area (TPSA) is 112 Å². The molecule has 0 aliphatic rings. The highest BCUT2D eigenvalue weighted by Gasteiger charge is 2.22. The molecule has 1 aromatic carbocycles. The van der Waals surface area contributed by atoms with E-state index in [9.17, 15) is 23.6 Å². The minimum atomic E-state index is -0.860. The summed E-state index contributed by atoms with van der Waals surface area (Å²) in [5.74, 6) is -2.13. The van der Waals surface area contributed by atoms with E-state index in [4.69, 9.17) is 16.3 Å². The van der Waals surface area contributed by atoms with Crippen molar-refractivity contribution in [3.05, 3.63) is 67.2 Å². The van der Waals surface area contributed by atoms with E-state index < -0.39 is 35.5 Å². The molecule has 0 saturated carbocycles. The summed E-state index contributed by atoms with van der Waals surface area (Å²) in [7, 11) is 1.37. The van der Waals surface area contributed by atoms with Crippen molar-refractivity contribution in [2.24, 2.45) is 7.05 Å². The molecule has 31 heavy (non-hydrogen) atoms. The number of ether oxygens (including phenoxy) is 1. The predicted octanol–water partition coefficient (Wildman–Crippen LogP) is 2.01. The van der Waals surface area contributed by atoms with Gasteiger partial charge in [0.05, 0.1) is 22.6 Å². The number of rotatable bonds is 5. The lowest BCUT2D eigenvalue weighted by atomic mass is 10.1. The summed E-state index contributed by atoms with van der Waals surface area (Å²) in [4.78, 5) is 54.8. The van der Waals surface area contributed by atoms with Crippen molar-refractivity contribution in [1.82, 2.24) is 14.1 Å². The van der Waals surface area contributed by atoms with E-state index in [2.05, 4.69) is 10.3 Å². The molecular weight excluding hydrogens is 431 g/mol. The second-order valence-electron chi connectivity index (χ2n) is 6.64. The van der Waals surface area contributed by atoms with Crippen LogP contribution in [0.3, 0.4) is 0 Å². The van der Waals surface area contributed by atoms with Crippen molar-refractivity contribution in [2.45, 2.75) is 20.4 Å². The highest BCUT2D eigenvalue weighted by atomic mass is 35.5. The number of pyridine rings is 1. The maximum atomic E-state index is 13.3. The van der Waals surface area contributed by atoms with Gasteiger partial charge in [0.1, 0.15) is 18.0 Å². The molecular formula is C20H18ClFN4O5. The number of halogens is 2. The van der Waals surface area contributed by atoms with Gasteiger partial charge in [-0.1, -0.05) is 11.6 Å². The zero-order chi connectivity index (χ0) is 22.9. The molecule has 0 aliphatic carbocycles. The number of nitrogens with one attached hydrogen (secondary N) is 1. The number of benzene rings is 1. The molecule has 0 saturated heterocycles. The van der Waals surface area contributed by atoms with Gasteiger partial charge in [0, 0.05) is 18.4 Å². The van der Waals surface area contributed by atoms with Crippen molar-refractivity contribution >= 4 is 40.2 Å². The molecule has 1 amide bonds. The quantitative estimate of drug-likeness (QED) is 0.597. The second kappa shape index (κ2) is 8.68. The number of aryl methyl sites for hydroxylation is 2. The van der Waals surface area contributed by atoms with Gasteiger partial charge < -0.3 is 10.1 Å². The van der Waals surface area contributed by atoms with Crippen LogP contribution in [0.5, 0.6) is 0 Å². The van der Waals surface area contributed by atoms with E-state index in [1.807, 2.05) is 0 Å². The van der Waals surface area contributed by atoms with Gasteiger partial charge >= 0.3 is 11.7 Å². The van der Waals surface area contributed by atoms with Gasteiger partial charge in [-0.2, -0.15) is 0 Å². The maximum absolute atomic E-state index is 13.3. The average molecular weight is 449 g/mol. The molecule has 0 bridgehead atoms. The maximum Gasteiger partial charge on any atom is 0.339 e. The first-order valence-corrected chi connectivity index (χ1v) is 9.55. The molecule has 0 fully saturated rings. The summed E-state index contributed by atoms with van der Waals surface area (Å²) >= 11 is 5.69. The first kappa shape index (κ1) is 22.2. The third-order valence-corrected chi connectivity index (χ3v) is 4.71. The highest BCUT2D eigenvalue weighted by molar-refractivity contribution is 6.31. The van der Waals surface area contributed by atoms with Crippen molar-refractivity contribution in [1.29, 1.82) is 0 Å². The summed E-state index contributed by atoms with van der Waals surface area (Å²) in [5.41, 5.74) is -1.11. The SMILES string of the molecule is CCOC(=O)c1cc(C)nc2c1c(=O)n(CC(=O)Nc1ccc(F)c(Cl)c1)c(=O)n2C. The number of nitrogens with zero attached hydrogens (tertiary/aromatic N) is 3. The van der Waals surface area contributed by atoms with Crippen molar-refractivity contribution in [2.75, 3.05) is 11.9 Å². The Morgan fingerprint density at radius 1 is 1.26 bits per heavy atom. The van der Waals surface area contributed by atoms with Crippen LogP contribution in [0.4, 0.5) is 10.1 Å². The van der Waals surface area contributed by atoms with Gasteiger partial charge in [-0.15, -0.1) is 0 Å². The van der Waals surface area contributed by atoms with Crippen LogP contribution in [0.2, 0.25) is 5.02 Å².